The molecular weight excluding hydrogens is 819 g/mol. The van der Waals surface area contributed by atoms with E-state index in [1.165, 1.54) is 13.8 Å². The minimum Gasteiger partial charge on any atom is -0.504 e. The second-order valence-corrected chi connectivity index (χ2v) is 18.9. The minimum atomic E-state index is -3.90. The first kappa shape index (κ1) is 49.3. The predicted molar refractivity (Wildman–Crippen MR) is 227 cm³/mol. The number of cyclic esters (lactones) is 2. The lowest BCUT2D eigenvalue weighted by atomic mass is 9.79. The number of ether oxygens (including phenoxy) is 4. The highest BCUT2D eigenvalue weighted by molar-refractivity contribution is 6.56. The summed E-state index contributed by atoms with van der Waals surface area (Å²) in [5.74, 6) is -9.43. The fraction of sp³-hybridized carbons (Fsp3) is 0.739. The largest absolute Gasteiger partial charge is 0.536 e. The quantitative estimate of drug-likeness (QED) is 0.192. The molecule has 0 aliphatic carbocycles. The van der Waals surface area contributed by atoms with Gasteiger partial charge in [-0.2, -0.15) is 0 Å². The zero-order valence-corrected chi connectivity index (χ0v) is 37.6. The summed E-state index contributed by atoms with van der Waals surface area (Å²) in [6, 6.07) is 0. The topological polar surface area (TPSA) is 223 Å². The average molecular weight is 888 g/mol. The van der Waals surface area contributed by atoms with Gasteiger partial charge in [0.15, 0.2) is 23.8 Å². The van der Waals surface area contributed by atoms with Crippen molar-refractivity contribution in [1.29, 1.82) is 0 Å². The number of Topliss-reactive ketones (excluding diaryl/α,β-unsaturated/α-hetero) is 2. The third kappa shape index (κ3) is 10.8. The van der Waals surface area contributed by atoms with Crippen LogP contribution >= 0.6 is 0 Å². The highest BCUT2D eigenvalue weighted by Gasteiger charge is 2.77. The maximum absolute atomic E-state index is 14.5. The average Bonchev–Trinajstić information content (AvgIpc) is 3.72. The second kappa shape index (κ2) is 20.2. The van der Waals surface area contributed by atoms with Gasteiger partial charge in [-0.1, -0.05) is 62.5 Å². The van der Waals surface area contributed by atoms with E-state index in [9.17, 15) is 39.6 Å². The van der Waals surface area contributed by atoms with E-state index in [1.54, 1.807) is 27.7 Å². The maximum Gasteiger partial charge on any atom is 0.536 e. The molecule has 6 rings (SSSR count). The highest BCUT2D eigenvalue weighted by atomic mass is 17.0. The van der Waals surface area contributed by atoms with Crippen LogP contribution in [0.4, 0.5) is 0 Å². The number of carbonyl (C=O) groups is 4. The van der Waals surface area contributed by atoms with Gasteiger partial charge in [0.2, 0.25) is 0 Å². The molecule has 0 aromatic carbocycles. The van der Waals surface area contributed by atoms with Gasteiger partial charge in [-0.15, -0.1) is 0 Å². The SMILES string of the molecule is CC1CCC=CC=CCCC(O)CC(=O)C(C)C2CCC(C)(O)C3(O2)O[B-]24OC(C(=O)O1)C1(OC(CCC1(C)O)C(C)C(=O)CC(O)CCC=CC=CCCC(C)OC(=O)C3O2)O4. The molecule has 17 heteroatoms. The summed E-state index contributed by atoms with van der Waals surface area (Å²) in [5.41, 5.74) is -4.13. The Kier molecular flexibility index (Phi) is 15.8. The molecule has 0 radical (unpaired) electrons. The lowest BCUT2D eigenvalue weighted by Crippen LogP contribution is -2.68. The van der Waals surface area contributed by atoms with Gasteiger partial charge < -0.3 is 58.0 Å². The molecule has 14 unspecified atom stereocenters. The molecule has 0 aromatic heterocycles. The number of carbonyl (C=O) groups excluding carboxylic acids is 4. The van der Waals surface area contributed by atoms with Gasteiger partial charge in [0, 0.05) is 24.7 Å². The van der Waals surface area contributed by atoms with Crippen molar-refractivity contribution in [2.24, 2.45) is 11.8 Å². The van der Waals surface area contributed by atoms with Crippen molar-refractivity contribution in [2.75, 3.05) is 0 Å². The van der Waals surface area contributed by atoms with Gasteiger partial charge in [-0.3, -0.25) is 9.59 Å². The summed E-state index contributed by atoms with van der Waals surface area (Å²) in [7, 11) is 0. The number of aliphatic hydroxyl groups is 4. The summed E-state index contributed by atoms with van der Waals surface area (Å²) in [6.07, 6.45) is 8.97. The zero-order chi connectivity index (χ0) is 45.8. The summed E-state index contributed by atoms with van der Waals surface area (Å²) < 4.78 is 51.2. The van der Waals surface area contributed by atoms with Gasteiger partial charge in [-0.05, 0) is 105 Å². The fourth-order valence-electron chi connectivity index (χ4n) is 9.40. The molecule has 4 fully saturated rings. The van der Waals surface area contributed by atoms with Gasteiger partial charge in [0.05, 0.1) is 36.6 Å². The van der Waals surface area contributed by atoms with Crippen LogP contribution in [-0.4, -0.2) is 122 Å². The van der Waals surface area contributed by atoms with E-state index >= 15 is 0 Å². The molecule has 6 aliphatic heterocycles. The molecule has 3 spiro atoms. The highest BCUT2D eigenvalue weighted by Crippen LogP contribution is 2.57. The van der Waals surface area contributed by atoms with Crippen LogP contribution < -0.4 is 0 Å². The molecule has 0 saturated carbocycles. The summed E-state index contributed by atoms with van der Waals surface area (Å²) in [5, 5.41) is 46.4. The number of rotatable bonds is 0. The number of allylic oxidation sites excluding steroid dienone is 8. The normalized spacial score (nSPS) is 45.4. The monoisotopic (exact) mass is 887 g/mol. The van der Waals surface area contributed by atoms with Gasteiger partial charge in [0.25, 0.3) is 0 Å². The predicted octanol–water partition coefficient (Wildman–Crippen LogP) is 4.65. The zero-order valence-electron chi connectivity index (χ0n) is 37.6. The molecule has 0 aromatic rings. The molecule has 63 heavy (non-hydrogen) atoms. The Labute approximate surface area is 370 Å². The van der Waals surface area contributed by atoms with Crippen molar-refractivity contribution in [3.63, 3.8) is 0 Å². The molecule has 4 N–H and O–H groups in total. The van der Waals surface area contributed by atoms with Crippen LogP contribution in [0.2, 0.25) is 0 Å². The van der Waals surface area contributed by atoms with Crippen molar-refractivity contribution < 1.29 is 77.2 Å². The van der Waals surface area contributed by atoms with Crippen LogP contribution in [0.25, 0.3) is 0 Å². The van der Waals surface area contributed by atoms with E-state index < -0.39 is 102 Å². The third-order valence-electron chi connectivity index (χ3n) is 13.6. The van der Waals surface area contributed by atoms with Crippen LogP contribution in [0.3, 0.4) is 0 Å². The van der Waals surface area contributed by atoms with Crippen molar-refractivity contribution >= 4 is 30.5 Å². The molecule has 16 nitrogen and oxygen atoms in total. The molecule has 6 heterocycles. The lowest BCUT2D eigenvalue weighted by molar-refractivity contribution is -0.345. The Morgan fingerprint density at radius 3 is 1.27 bits per heavy atom. The van der Waals surface area contributed by atoms with Crippen LogP contribution in [0.5, 0.6) is 0 Å². The van der Waals surface area contributed by atoms with E-state index in [0.29, 0.717) is 51.4 Å². The first-order chi connectivity index (χ1) is 29.7. The van der Waals surface area contributed by atoms with Crippen molar-refractivity contribution in [3.8, 4) is 0 Å². The Morgan fingerprint density at radius 2 is 0.905 bits per heavy atom. The van der Waals surface area contributed by atoms with Crippen molar-refractivity contribution in [1.82, 2.24) is 0 Å². The van der Waals surface area contributed by atoms with E-state index in [2.05, 4.69) is 0 Å². The van der Waals surface area contributed by atoms with Gasteiger partial charge >= 0.3 is 18.9 Å². The molecule has 7 bridgehead atoms. The number of ketones is 2. The fourth-order valence-corrected chi connectivity index (χ4v) is 9.40. The molecule has 6 aliphatic rings. The van der Waals surface area contributed by atoms with Crippen LogP contribution in [-0.2, 0) is 56.7 Å². The Hall–Kier alpha value is -3.10. The Morgan fingerprint density at radius 1 is 0.556 bits per heavy atom. The summed E-state index contributed by atoms with van der Waals surface area (Å²) >= 11 is 0. The van der Waals surface area contributed by atoms with E-state index in [-0.39, 0.29) is 50.1 Å². The van der Waals surface area contributed by atoms with E-state index in [1.807, 2.05) is 48.6 Å². The molecule has 0 amide bonds. The third-order valence-corrected chi connectivity index (χ3v) is 13.6. The molecule has 14 atom stereocenters. The standard InChI is InChI=1S/C46H68BO16/c1-29-19-15-11-7-9-13-17-21-33(48)28-36(51)32(4)38-24-26-44(6,55)46(59-38)40-42(53)57-30(2)20-16-12-8-10-14-18-22-34(49)27-35(50)31(3)37-23-25-43(5,54)45(58-37)39(41(52)56-29)60-47(61-40,62-45)63-46/h7-14,29-34,37-40,48-49,54-55H,15-28H2,1-6H3/q-1. The van der Waals surface area contributed by atoms with Gasteiger partial charge in [-0.25, -0.2) is 9.59 Å². The molecule has 352 valence electrons. The number of hydrogen-bond donors (Lipinski definition) is 4. The number of aliphatic hydroxyl groups excluding tert-OH is 2. The van der Waals surface area contributed by atoms with Gasteiger partial charge in [0.1, 0.15) is 22.8 Å². The van der Waals surface area contributed by atoms with Crippen LogP contribution in [0.1, 0.15) is 131 Å². The smallest absolute Gasteiger partial charge is 0.504 e. The first-order valence-corrected chi connectivity index (χ1v) is 22.9. The summed E-state index contributed by atoms with van der Waals surface area (Å²) in [6.45, 7) is 5.49. The lowest BCUT2D eigenvalue weighted by Gasteiger charge is -2.53. The van der Waals surface area contributed by atoms with E-state index in [4.69, 9.17) is 37.6 Å². The van der Waals surface area contributed by atoms with Crippen LogP contribution in [0, 0.1) is 11.8 Å². The number of esters is 2. The molecule has 4 saturated heterocycles. The van der Waals surface area contributed by atoms with Crippen molar-refractivity contribution in [2.45, 2.75) is 203 Å². The minimum absolute atomic E-state index is 0.0841. The Bertz CT molecular complexity index is 1650. The van der Waals surface area contributed by atoms with E-state index in [0.717, 1.165) is 0 Å². The summed E-state index contributed by atoms with van der Waals surface area (Å²) in [4.78, 5) is 56.6. The first-order valence-electron chi connectivity index (χ1n) is 22.9. The maximum atomic E-state index is 14.5. The van der Waals surface area contributed by atoms with Crippen molar-refractivity contribution in [3.05, 3.63) is 48.6 Å². The second-order valence-electron chi connectivity index (χ2n) is 18.9. The number of hydrogen-bond acceptors (Lipinski definition) is 16. The van der Waals surface area contributed by atoms with Crippen LogP contribution in [0.15, 0.2) is 48.6 Å². The number of fused-ring (bicyclic) bond motifs is 4. The molecular formula is C46H68BO16-. The Balaban J connectivity index is 1.47.